The summed E-state index contributed by atoms with van der Waals surface area (Å²) in [5.41, 5.74) is 1.36. The number of carbonyl (C=O) groups excluding carboxylic acids is 1. The molecule has 1 atom stereocenters. The normalized spacial score (nSPS) is 22.2. The van der Waals surface area contributed by atoms with Crippen molar-refractivity contribution in [3.63, 3.8) is 0 Å². The Hall–Kier alpha value is -2.51. The molecule has 0 radical (unpaired) electrons. The lowest BCUT2D eigenvalue weighted by Crippen LogP contribution is -2.44. The predicted octanol–water partition coefficient (Wildman–Crippen LogP) is 5.51. The summed E-state index contributed by atoms with van der Waals surface area (Å²) in [6, 6.07) is 8.56. The van der Waals surface area contributed by atoms with Crippen molar-refractivity contribution >= 4 is 5.91 Å². The van der Waals surface area contributed by atoms with E-state index in [9.17, 15) is 18.7 Å². The minimum Gasteiger partial charge on any atom is -0.490 e. The van der Waals surface area contributed by atoms with Crippen LogP contribution in [0.5, 0.6) is 5.75 Å². The van der Waals surface area contributed by atoms with Crippen LogP contribution in [0.3, 0.4) is 0 Å². The van der Waals surface area contributed by atoms with Gasteiger partial charge in [0, 0.05) is 24.2 Å². The van der Waals surface area contributed by atoms with E-state index in [2.05, 4.69) is 11.8 Å². The zero-order valence-corrected chi connectivity index (χ0v) is 21.7. The van der Waals surface area contributed by atoms with Crippen molar-refractivity contribution in [3.05, 3.63) is 53.6 Å². The van der Waals surface area contributed by atoms with Crippen LogP contribution in [0.4, 0.5) is 8.78 Å². The van der Waals surface area contributed by atoms with Crippen LogP contribution in [-0.4, -0.2) is 66.2 Å². The molecule has 2 saturated heterocycles. The largest absolute Gasteiger partial charge is 0.490 e. The number of rotatable bonds is 8. The number of amides is 1. The number of hydrogen-bond donors (Lipinski definition) is 1. The van der Waals surface area contributed by atoms with Gasteiger partial charge in [0.1, 0.15) is 5.82 Å². The zero-order chi connectivity index (χ0) is 26.0. The average molecular weight is 513 g/mol. The van der Waals surface area contributed by atoms with Gasteiger partial charge in [-0.25, -0.2) is 8.78 Å². The Morgan fingerprint density at radius 1 is 1.03 bits per heavy atom. The highest BCUT2D eigenvalue weighted by Crippen LogP contribution is 2.41. The number of piperidine rings is 1. The third-order valence-electron chi connectivity index (χ3n) is 8.66. The summed E-state index contributed by atoms with van der Waals surface area (Å²) in [6.45, 7) is 6.65. The number of hydrogen-bond acceptors (Lipinski definition) is 4. The first-order valence-corrected chi connectivity index (χ1v) is 13.7. The predicted molar refractivity (Wildman–Crippen MR) is 140 cm³/mol. The standard InChI is InChI=1S/C30H38F2N2O3/c1-30(11-3-12-30)20-33-14-9-21(10-15-33)19-37-28-8-6-22(16-27(28)32)25-7-5-23(17-26(25)31)29(36)34-13-2-4-24(34)18-35/h5-8,16-17,21,24,35H,2-4,9-15,18-20H2,1H3/t24-/m1/s1. The molecule has 37 heavy (non-hydrogen) atoms. The van der Waals surface area contributed by atoms with E-state index in [1.807, 2.05) is 0 Å². The Morgan fingerprint density at radius 2 is 1.81 bits per heavy atom. The van der Waals surface area contributed by atoms with Crippen LogP contribution >= 0.6 is 0 Å². The van der Waals surface area contributed by atoms with E-state index < -0.39 is 11.6 Å². The SMILES string of the molecule is CC1(CN2CCC(COc3ccc(-c4ccc(C(=O)N5CCC[C@@H]5CO)cc4F)cc3F)CC2)CCC1. The number of ether oxygens (including phenoxy) is 1. The van der Waals surface area contributed by atoms with Crippen molar-refractivity contribution in [1.29, 1.82) is 0 Å². The van der Waals surface area contributed by atoms with E-state index in [0.717, 1.165) is 38.8 Å². The number of aliphatic hydroxyl groups excluding tert-OH is 1. The van der Waals surface area contributed by atoms with E-state index in [4.69, 9.17) is 4.74 Å². The first-order valence-electron chi connectivity index (χ1n) is 13.7. The molecule has 5 rings (SSSR count). The minimum absolute atomic E-state index is 0.0985. The summed E-state index contributed by atoms with van der Waals surface area (Å²) in [6.07, 6.45) is 7.71. The number of benzene rings is 2. The molecule has 0 aromatic heterocycles. The highest BCUT2D eigenvalue weighted by molar-refractivity contribution is 5.95. The smallest absolute Gasteiger partial charge is 0.254 e. The van der Waals surface area contributed by atoms with Crippen LogP contribution in [0.1, 0.15) is 62.2 Å². The van der Waals surface area contributed by atoms with Gasteiger partial charge in [0.15, 0.2) is 11.6 Å². The van der Waals surface area contributed by atoms with Gasteiger partial charge in [-0.15, -0.1) is 0 Å². The zero-order valence-electron chi connectivity index (χ0n) is 21.7. The molecule has 1 saturated carbocycles. The fourth-order valence-electron chi connectivity index (χ4n) is 6.12. The summed E-state index contributed by atoms with van der Waals surface area (Å²) in [7, 11) is 0. The van der Waals surface area contributed by atoms with Crippen LogP contribution in [-0.2, 0) is 0 Å². The summed E-state index contributed by atoms with van der Waals surface area (Å²) in [5.74, 6) is -0.797. The fraction of sp³-hybridized carbons (Fsp3) is 0.567. The number of aliphatic hydroxyl groups is 1. The van der Waals surface area contributed by atoms with Gasteiger partial charge in [0.25, 0.3) is 5.91 Å². The number of nitrogens with zero attached hydrogens (tertiary/aromatic N) is 2. The highest BCUT2D eigenvalue weighted by atomic mass is 19.1. The molecule has 3 aliphatic rings. The molecule has 200 valence electrons. The third-order valence-corrected chi connectivity index (χ3v) is 8.66. The van der Waals surface area contributed by atoms with Crippen LogP contribution < -0.4 is 4.74 Å². The molecule has 2 aromatic carbocycles. The topological polar surface area (TPSA) is 53.0 Å². The molecular weight excluding hydrogens is 474 g/mol. The van der Waals surface area contributed by atoms with Crippen LogP contribution in [0.2, 0.25) is 0 Å². The molecule has 2 heterocycles. The molecule has 7 heteroatoms. The molecule has 2 aliphatic heterocycles. The highest BCUT2D eigenvalue weighted by Gasteiger charge is 2.34. The van der Waals surface area contributed by atoms with Crippen molar-refractivity contribution in [2.75, 3.05) is 39.4 Å². The molecule has 2 aromatic rings. The Labute approximate surface area is 218 Å². The summed E-state index contributed by atoms with van der Waals surface area (Å²) < 4.78 is 35.7. The van der Waals surface area contributed by atoms with Crippen LogP contribution in [0.25, 0.3) is 11.1 Å². The van der Waals surface area contributed by atoms with Gasteiger partial charge >= 0.3 is 0 Å². The lowest BCUT2D eigenvalue weighted by atomic mass is 9.70. The number of carbonyl (C=O) groups is 1. The summed E-state index contributed by atoms with van der Waals surface area (Å²) >= 11 is 0. The maximum Gasteiger partial charge on any atom is 0.254 e. The molecule has 1 N–H and O–H groups in total. The molecule has 1 amide bonds. The molecule has 0 unspecified atom stereocenters. The van der Waals surface area contributed by atoms with Crippen LogP contribution in [0, 0.1) is 23.0 Å². The van der Waals surface area contributed by atoms with Crippen molar-refractivity contribution < 1.29 is 23.4 Å². The van der Waals surface area contributed by atoms with Gasteiger partial charge in [0.2, 0.25) is 0 Å². The summed E-state index contributed by atoms with van der Waals surface area (Å²) in [5, 5.41) is 9.48. The molecule has 0 bridgehead atoms. The van der Waals surface area contributed by atoms with E-state index in [1.54, 1.807) is 23.1 Å². The molecule has 5 nitrogen and oxygen atoms in total. The maximum atomic E-state index is 15.0. The Kier molecular flexibility index (Phi) is 7.82. The Bertz CT molecular complexity index is 1110. The lowest BCUT2D eigenvalue weighted by Gasteiger charge is -2.44. The summed E-state index contributed by atoms with van der Waals surface area (Å²) in [4.78, 5) is 16.9. The first-order chi connectivity index (χ1) is 17.8. The van der Waals surface area contributed by atoms with E-state index in [-0.39, 0.29) is 35.4 Å². The Morgan fingerprint density at radius 3 is 2.46 bits per heavy atom. The minimum atomic E-state index is -0.582. The third kappa shape index (κ3) is 5.83. The van der Waals surface area contributed by atoms with Gasteiger partial charge < -0.3 is 19.6 Å². The van der Waals surface area contributed by atoms with Gasteiger partial charge in [-0.2, -0.15) is 0 Å². The van der Waals surface area contributed by atoms with E-state index in [1.165, 1.54) is 44.0 Å². The van der Waals surface area contributed by atoms with E-state index in [0.29, 0.717) is 30.0 Å². The average Bonchev–Trinajstić information content (AvgIpc) is 3.36. The van der Waals surface area contributed by atoms with E-state index >= 15 is 0 Å². The van der Waals surface area contributed by atoms with Crippen molar-refractivity contribution in [1.82, 2.24) is 9.80 Å². The molecule has 3 fully saturated rings. The van der Waals surface area contributed by atoms with Crippen molar-refractivity contribution in [2.24, 2.45) is 11.3 Å². The second-order valence-electron chi connectivity index (χ2n) is 11.5. The molecular formula is C30H38F2N2O3. The first kappa shape index (κ1) is 26.1. The van der Waals surface area contributed by atoms with Gasteiger partial charge in [-0.05, 0) is 92.8 Å². The Balaban J connectivity index is 1.16. The number of halogens is 2. The van der Waals surface area contributed by atoms with Gasteiger partial charge in [-0.3, -0.25) is 4.79 Å². The fourth-order valence-corrected chi connectivity index (χ4v) is 6.12. The van der Waals surface area contributed by atoms with Gasteiger partial charge in [-0.1, -0.05) is 25.5 Å². The second kappa shape index (κ2) is 11.1. The maximum absolute atomic E-state index is 15.0. The van der Waals surface area contributed by atoms with Crippen molar-refractivity contribution in [3.8, 4) is 16.9 Å². The van der Waals surface area contributed by atoms with Crippen LogP contribution in [0.15, 0.2) is 36.4 Å². The molecule has 0 spiro atoms. The lowest BCUT2D eigenvalue weighted by molar-refractivity contribution is 0.0561. The monoisotopic (exact) mass is 512 g/mol. The quantitative estimate of drug-likeness (QED) is 0.507. The van der Waals surface area contributed by atoms with Crippen molar-refractivity contribution in [2.45, 2.75) is 57.9 Å². The van der Waals surface area contributed by atoms with Gasteiger partial charge in [0.05, 0.1) is 19.3 Å². The second-order valence-corrected chi connectivity index (χ2v) is 11.5. The number of likely N-dealkylation sites (tertiary alicyclic amines) is 2. The molecule has 1 aliphatic carbocycles.